The highest BCUT2D eigenvalue weighted by molar-refractivity contribution is 7.70. The number of nitrogens with zero attached hydrogens (tertiary/aromatic N) is 8. The second-order valence-corrected chi connectivity index (χ2v) is 22.5. The summed E-state index contributed by atoms with van der Waals surface area (Å²) in [4.78, 5) is 50.5. The molecule has 35 heteroatoms. The van der Waals surface area contributed by atoms with E-state index >= 15 is 0 Å². The van der Waals surface area contributed by atoms with Crippen molar-refractivity contribution in [1.82, 2.24) is 34.7 Å². The van der Waals surface area contributed by atoms with E-state index in [-0.39, 0.29) is 76.7 Å². The molecular formula is C46H60Cl3F3N8O19P2. The van der Waals surface area contributed by atoms with Gasteiger partial charge in [0.25, 0.3) is 0 Å². The highest BCUT2D eigenvalue weighted by Gasteiger charge is 2.46. The third-order valence-corrected chi connectivity index (χ3v) is 15.5. The molecule has 0 aliphatic carbocycles. The van der Waals surface area contributed by atoms with Crippen LogP contribution in [-0.4, -0.2) is 202 Å². The zero-order valence-electron chi connectivity index (χ0n) is 43.1. The topological polar surface area (TPSA) is 331 Å². The van der Waals surface area contributed by atoms with Crippen LogP contribution in [-0.2, 0) is 80.8 Å². The average Bonchev–Trinajstić information content (AvgIpc) is 3.59. The summed E-state index contributed by atoms with van der Waals surface area (Å²) in [6, 6.07) is 5.93. The molecule has 3 aromatic heterocycles. The van der Waals surface area contributed by atoms with Crippen LogP contribution in [0.3, 0.4) is 0 Å². The lowest BCUT2D eigenvalue weighted by atomic mass is 10.1. The summed E-state index contributed by atoms with van der Waals surface area (Å²) in [6.45, 7) is 4.31. The van der Waals surface area contributed by atoms with Crippen molar-refractivity contribution in [1.29, 1.82) is 0 Å². The molecule has 0 bridgehead atoms. The molecule has 0 spiro atoms. The number of benzene rings is 2. The Balaban J connectivity index is 0.793. The molecule has 5 aromatic rings. The summed E-state index contributed by atoms with van der Waals surface area (Å²) in [7, 11) is -9.73. The Kier molecular flexibility index (Phi) is 27.3. The van der Waals surface area contributed by atoms with E-state index in [4.69, 9.17) is 91.7 Å². The van der Waals surface area contributed by atoms with Crippen molar-refractivity contribution < 1.29 is 104 Å². The van der Waals surface area contributed by atoms with E-state index < -0.39 is 81.4 Å². The Morgan fingerprint density at radius 1 is 0.741 bits per heavy atom. The van der Waals surface area contributed by atoms with E-state index in [1.165, 1.54) is 6.20 Å². The molecule has 1 aliphatic heterocycles. The van der Waals surface area contributed by atoms with Crippen molar-refractivity contribution in [3.05, 3.63) is 86.8 Å². The summed E-state index contributed by atoms with van der Waals surface area (Å²) in [5.74, 6) is -6.83. The van der Waals surface area contributed by atoms with Crippen molar-refractivity contribution >= 4 is 72.8 Å². The lowest BCUT2D eigenvalue weighted by molar-refractivity contribution is -0.136. The molecule has 6 rings (SSSR count). The number of rotatable bonds is 39. The van der Waals surface area contributed by atoms with Crippen LogP contribution in [0.2, 0.25) is 15.3 Å². The fraction of sp³-hybridized carbons (Fsp3) is 0.565. The van der Waals surface area contributed by atoms with Gasteiger partial charge >= 0.3 is 21.2 Å². The third kappa shape index (κ3) is 22.5. The van der Waals surface area contributed by atoms with E-state index in [0.717, 1.165) is 10.2 Å². The number of hydrogen-bond acceptors (Lipinski definition) is 22. The summed E-state index contributed by atoms with van der Waals surface area (Å²) < 4.78 is 126. The molecule has 4 heterocycles. The van der Waals surface area contributed by atoms with Crippen LogP contribution in [0, 0.1) is 17.5 Å². The maximum absolute atomic E-state index is 13.6. The van der Waals surface area contributed by atoms with Gasteiger partial charge in [0.05, 0.1) is 153 Å². The Bertz CT molecular complexity index is 2850. The molecule has 0 radical (unpaired) electrons. The number of ether oxygens (including phenoxy) is 10. The maximum atomic E-state index is 13.6. The second-order valence-electron chi connectivity index (χ2n) is 17.3. The molecule has 1 saturated heterocycles. The molecule has 0 amide bonds. The number of hydrogen-bond donors (Lipinski definition) is 5. The van der Waals surface area contributed by atoms with Crippen molar-refractivity contribution in [2.75, 3.05) is 123 Å². The number of aliphatic hydroxyl groups excluding tert-OH is 2. The predicted molar refractivity (Wildman–Crippen MR) is 278 cm³/mol. The van der Waals surface area contributed by atoms with Crippen LogP contribution in [0.25, 0.3) is 11.0 Å². The Labute approximate surface area is 475 Å². The predicted octanol–water partition coefficient (Wildman–Crippen LogP) is 4.09. The van der Waals surface area contributed by atoms with Crippen LogP contribution >= 0.6 is 50.0 Å². The molecule has 5 atom stereocenters. The Morgan fingerprint density at radius 2 is 1.33 bits per heavy atom. The number of aromatic nitrogens is 7. The summed E-state index contributed by atoms with van der Waals surface area (Å²) in [5, 5.41) is 35.0. The molecule has 2 aromatic carbocycles. The fourth-order valence-corrected chi connectivity index (χ4v) is 10.4. The first-order valence-electron chi connectivity index (χ1n) is 24.7. The minimum Gasteiger partial charge on any atom is -0.420 e. The highest BCUT2D eigenvalue weighted by atomic mass is 35.5. The molecule has 5 N–H and O–H groups in total. The fourth-order valence-electron chi connectivity index (χ4n) is 7.35. The number of aliphatic hydroxyl groups is 2. The quantitative estimate of drug-likeness (QED) is 0.0122. The minimum absolute atomic E-state index is 0.0705. The SMILES string of the molecule is O=C(CCOCCOCCOCCOCCn1cc(COCCOCCOCCOCCN(Cc2ccc(Cl)c(Cl)c2)c2nc(Cl)nc3c2cnn3[C@@H]2O[C@H](COP(=O)(O)CP(=O)(O)O)[C@@H](O)[C@H]2O)nn1)Oc1c(F)cc(F)cc1F. The molecule has 450 valence electrons. The second kappa shape index (κ2) is 33.4. The molecule has 1 unspecified atom stereocenters. The van der Waals surface area contributed by atoms with Gasteiger partial charge in [-0.3, -0.25) is 13.9 Å². The number of anilines is 1. The Hall–Kier alpha value is -4.08. The van der Waals surface area contributed by atoms with Crippen LogP contribution < -0.4 is 9.64 Å². The van der Waals surface area contributed by atoms with Crippen molar-refractivity contribution in [3.63, 3.8) is 0 Å². The van der Waals surface area contributed by atoms with Gasteiger partial charge in [-0.2, -0.15) is 15.1 Å². The van der Waals surface area contributed by atoms with Crippen LogP contribution in [0.15, 0.2) is 42.7 Å². The van der Waals surface area contributed by atoms with Gasteiger partial charge in [-0.15, -0.1) is 5.10 Å². The molecule has 1 fully saturated rings. The monoisotopic (exact) mass is 1250 g/mol. The van der Waals surface area contributed by atoms with Crippen molar-refractivity contribution in [2.45, 2.75) is 50.7 Å². The van der Waals surface area contributed by atoms with E-state index in [0.29, 0.717) is 105 Å². The van der Waals surface area contributed by atoms with Crippen LogP contribution in [0.4, 0.5) is 19.0 Å². The van der Waals surface area contributed by atoms with Crippen LogP contribution in [0.5, 0.6) is 5.75 Å². The standard InChI is InChI=1S/C46H60Cl3F3N8O19P2/c47-34-2-1-30(21-35(34)48)25-58(43-33-24-53-60(44(33)55-46(49)54-43)45-41(63)40(62)38(78-45)28-77-81(67,68)29-80(64,65)66)4-7-70-10-13-73-17-18-75-19-20-76-27-32-26-59(57-56-32)5-8-71-11-14-74-16-15-72-12-9-69-6-3-39(61)79-42-36(51)22-31(50)23-37(42)52/h1-2,21-24,26,38,40-41,45,62-63H,3-20,25,27-29H2,(H,67,68)(H2,64,65,66)/t38-,40-,41-,45-/m1/s1. The number of carbonyl (C=O) groups excluding carboxylic acids is 1. The van der Waals surface area contributed by atoms with E-state index in [9.17, 15) is 42.2 Å². The van der Waals surface area contributed by atoms with Gasteiger partial charge in [0.1, 0.15) is 35.6 Å². The zero-order chi connectivity index (χ0) is 58.4. The van der Waals surface area contributed by atoms with Crippen molar-refractivity contribution in [2.24, 2.45) is 0 Å². The van der Waals surface area contributed by atoms with Gasteiger partial charge in [-0.05, 0) is 29.3 Å². The largest absolute Gasteiger partial charge is 0.420 e. The van der Waals surface area contributed by atoms with E-state index in [2.05, 4.69) is 30.1 Å². The third-order valence-electron chi connectivity index (χ3n) is 11.1. The van der Waals surface area contributed by atoms with Gasteiger partial charge in [0.15, 0.2) is 29.4 Å². The lowest BCUT2D eigenvalue weighted by Crippen LogP contribution is -2.33. The van der Waals surface area contributed by atoms with Gasteiger partial charge in [0, 0.05) is 25.2 Å². The molecular weight excluding hydrogens is 1190 g/mol. The smallest absolute Gasteiger partial charge is 0.340 e. The molecule has 1 aliphatic rings. The lowest BCUT2D eigenvalue weighted by Gasteiger charge is -2.25. The number of carbonyl (C=O) groups is 1. The van der Waals surface area contributed by atoms with Crippen molar-refractivity contribution in [3.8, 4) is 5.75 Å². The van der Waals surface area contributed by atoms with Gasteiger partial charge in [-0.1, -0.05) is 34.5 Å². The van der Waals surface area contributed by atoms with Crippen LogP contribution in [0.1, 0.15) is 23.9 Å². The minimum atomic E-state index is -4.93. The van der Waals surface area contributed by atoms with E-state index in [1.807, 2.05) is 4.90 Å². The summed E-state index contributed by atoms with van der Waals surface area (Å²) >= 11 is 19.0. The normalized spacial score (nSPS) is 17.3. The maximum Gasteiger partial charge on any atom is 0.340 e. The number of halogens is 6. The Morgan fingerprint density at radius 3 is 1.95 bits per heavy atom. The molecule has 81 heavy (non-hydrogen) atoms. The van der Waals surface area contributed by atoms with E-state index in [1.54, 1.807) is 29.1 Å². The first-order chi connectivity index (χ1) is 38.8. The first-order valence-corrected chi connectivity index (χ1v) is 29.4. The zero-order valence-corrected chi connectivity index (χ0v) is 47.2. The van der Waals surface area contributed by atoms with Gasteiger partial charge in [0.2, 0.25) is 11.0 Å². The van der Waals surface area contributed by atoms with Gasteiger partial charge in [-0.25, -0.2) is 22.5 Å². The number of fused-ring (bicyclic) bond motifs is 1. The first kappa shape index (κ1) is 66.1. The molecule has 0 saturated carbocycles. The number of esters is 1. The summed E-state index contributed by atoms with van der Waals surface area (Å²) in [5.41, 5.74) is 1.47. The average molecular weight is 1250 g/mol. The summed E-state index contributed by atoms with van der Waals surface area (Å²) in [6.07, 6.45) is -3.28. The highest BCUT2D eigenvalue weighted by Crippen LogP contribution is 2.55. The van der Waals surface area contributed by atoms with Gasteiger partial charge < -0.3 is 81.7 Å². The molecule has 27 nitrogen and oxygen atoms in total.